The summed E-state index contributed by atoms with van der Waals surface area (Å²) in [5, 5.41) is 19.6. The lowest BCUT2D eigenvalue weighted by Gasteiger charge is -2.46. The Kier molecular flexibility index (Phi) is 22.4. The van der Waals surface area contributed by atoms with Gasteiger partial charge < -0.3 is 37.6 Å². The molecule has 0 bridgehead atoms. The number of ketones is 2. The molecule has 59 heavy (non-hydrogen) atoms. The highest BCUT2D eigenvalue weighted by Gasteiger charge is 2.48. The Labute approximate surface area is 364 Å². The van der Waals surface area contributed by atoms with Gasteiger partial charge in [-0.25, -0.2) is 0 Å². The number of nitrogens with two attached hydrogens (primary N) is 1. The van der Waals surface area contributed by atoms with Gasteiger partial charge in [-0.15, -0.1) is 0 Å². The smallest absolute Gasteiger partial charge is 0.251 e. The summed E-state index contributed by atoms with van der Waals surface area (Å²) in [5.74, 6) is 1.71. The van der Waals surface area contributed by atoms with E-state index in [4.69, 9.17) is 5.73 Å². The molecule has 0 aliphatic heterocycles. The predicted octanol–water partition coefficient (Wildman–Crippen LogP) is 5.98. The third-order valence-corrected chi connectivity index (χ3v) is 13.4. The zero-order valence-electron chi connectivity index (χ0n) is 38.1. The van der Waals surface area contributed by atoms with E-state index in [0.717, 1.165) is 17.1 Å². The lowest BCUT2D eigenvalue weighted by atomic mass is 9.68. The minimum Gasteiger partial charge on any atom is -0.355 e. The van der Waals surface area contributed by atoms with E-state index in [0.29, 0.717) is 63.1 Å². The normalized spacial score (nSPS) is 13.5. The van der Waals surface area contributed by atoms with Gasteiger partial charge in [0, 0.05) is 79.8 Å². The first kappa shape index (κ1) is 52.4. The molecule has 0 saturated heterocycles. The van der Waals surface area contributed by atoms with Crippen LogP contribution in [-0.2, 0) is 20.8 Å². The molecular formula is C46H77N7O4S2. The van der Waals surface area contributed by atoms with Crippen LogP contribution in [0.2, 0.25) is 0 Å². The van der Waals surface area contributed by atoms with Crippen LogP contribution in [0.4, 0.5) is 0 Å². The minimum absolute atomic E-state index is 0.0289. The molecule has 0 heterocycles. The number of hydrogen-bond acceptors (Lipinski definition) is 11. The van der Waals surface area contributed by atoms with E-state index in [-0.39, 0.29) is 35.8 Å². The molecule has 332 valence electrons. The van der Waals surface area contributed by atoms with E-state index in [1.807, 2.05) is 97.9 Å². The zero-order chi connectivity index (χ0) is 44.4. The van der Waals surface area contributed by atoms with Crippen LogP contribution >= 0.6 is 21.6 Å². The summed E-state index contributed by atoms with van der Waals surface area (Å²) in [5.41, 5.74) is 6.89. The molecule has 0 aromatic heterocycles. The van der Waals surface area contributed by atoms with Gasteiger partial charge in [0.15, 0.2) is 11.6 Å². The fraction of sp³-hybridized carbons (Fsp3) is 0.652. The van der Waals surface area contributed by atoms with Crippen molar-refractivity contribution in [1.29, 1.82) is 0 Å². The Hall–Kier alpha value is -2.78. The molecule has 0 aliphatic carbocycles. The molecular weight excluding hydrogens is 779 g/mol. The molecule has 2 aromatic rings. The van der Waals surface area contributed by atoms with E-state index in [1.54, 1.807) is 21.6 Å². The molecule has 8 N–H and O–H groups in total. The van der Waals surface area contributed by atoms with Crippen LogP contribution in [0, 0.1) is 5.41 Å². The molecule has 0 aliphatic rings. The third-order valence-electron chi connectivity index (χ3n) is 11.0. The van der Waals surface area contributed by atoms with Gasteiger partial charge in [-0.1, -0.05) is 113 Å². The standard InChI is InChI=1S/C46H77N7O4S2/c1-31(2)35-27-36(32(3)4)29-37(28-35)43(57)50-22-24-58-59-25-23-51-45(9,10)42(56)39(30-40(54)49-21-20-48-19-18-47)53-46(11,12)44(7,8)41(55)38(52-33(5)6)26-34-16-14-13-15-17-34/h13-17,27-29,31-33,38-39,48,51-53H,18-26,30,47H2,1-12H3,(H,49,54)(H,50,57)/t38-,39-/m0/s1. The first-order chi connectivity index (χ1) is 27.6. The highest BCUT2D eigenvalue weighted by molar-refractivity contribution is 8.76. The summed E-state index contributed by atoms with van der Waals surface area (Å²) in [6, 6.07) is 14.9. The second-order valence-electron chi connectivity index (χ2n) is 18.0. The van der Waals surface area contributed by atoms with Crippen LogP contribution in [0.3, 0.4) is 0 Å². The second-order valence-corrected chi connectivity index (χ2v) is 20.7. The Morgan fingerprint density at radius 2 is 1.29 bits per heavy atom. The van der Waals surface area contributed by atoms with Gasteiger partial charge >= 0.3 is 0 Å². The molecule has 2 amide bonds. The monoisotopic (exact) mass is 856 g/mol. The van der Waals surface area contributed by atoms with Crippen LogP contribution in [0.5, 0.6) is 0 Å². The van der Waals surface area contributed by atoms with E-state index in [2.05, 4.69) is 65.7 Å². The largest absolute Gasteiger partial charge is 0.355 e. The van der Waals surface area contributed by atoms with Gasteiger partial charge in [0.25, 0.3) is 5.91 Å². The molecule has 2 rings (SSSR count). The molecule has 2 atom stereocenters. The number of carbonyl (C=O) groups is 4. The van der Waals surface area contributed by atoms with Crippen LogP contribution in [0.1, 0.15) is 128 Å². The van der Waals surface area contributed by atoms with E-state index >= 15 is 0 Å². The van der Waals surface area contributed by atoms with Gasteiger partial charge in [-0.05, 0) is 74.8 Å². The predicted molar refractivity (Wildman–Crippen MR) is 251 cm³/mol. The van der Waals surface area contributed by atoms with E-state index in [1.165, 1.54) is 11.1 Å². The average molecular weight is 856 g/mol. The maximum Gasteiger partial charge on any atom is 0.251 e. The minimum atomic E-state index is -0.974. The number of carbonyl (C=O) groups excluding carboxylic acids is 4. The fourth-order valence-electron chi connectivity index (χ4n) is 6.65. The van der Waals surface area contributed by atoms with Gasteiger partial charge in [0.1, 0.15) is 0 Å². The van der Waals surface area contributed by atoms with Crippen molar-refractivity contribution in [2.24, 2.45) is 11.1 Å². The number of rotatable bonds is 29. The lowest BCUT2D eigenvalue weighted by molar-refractivity contribution is -0.136. The first-order valence-corrected chi connectivity index (χ1v) is 23.9. The summed E-state index contributed by atoms with van der Waals surface area (Å²) in [6.07, 6.45) is 0.456. The van der Waals surface area contributed by atoms with Crippen molar-refractivity contribution in [3.05, 3.63) is 70.8 Å². The summed E-state index contributed by atoms with van der Waals surface area (Å²) in [7, 11) is 3.35. The SMILES string of the molecule is CC(C)N[C@@H](Cc1ccccc1)C(=O)C(C)(C)C(C)(C)N[C@@H](CC(=O)NCCNCCN)C(=O)C(C)(C)NCCSSCCNC(=O)c1cc(C(C)C)cc(C(C)C)c1. The lowest BCUT2D eigenvalue weighted by Crippen LogP contribution is -2.66. The zero-order valence-corrected chi connectivity index (χ0v) is 39.7. The molecule has 0 spiro atoms. The molecule has 2 aromatic carbocycles. The second kappa shape index (κ2) is 25.2. The number of amides is 2. The molecule has 0 saturated carbocycles. The van der Waals surface area contributed by atoms with E-state index in [9.17, 15) is 19.2 Å². The van der Waals surface area contributed by atoms with Crippen molar-refractivity contribution in [3.63, 3.8) is 0 Å². The molecule has 11 nitrogen and oxygen atoms in total. The number of hydrogen-bond donors (Lipinski definition) is 7. The average Bonchev–Trinajstić information content (AvgIpc) is 3.17. The van der Waals surface area contributed by atoms with Crippen molar-refractivity contribution < 1.29 is 19.2 Å². The van der Waals surface area contributed by atoms with Crippen LogP contribution < -0.4 is 37.6 Å². The maximum absolute atomic E-state index is 14.5. The number of Topliss-reactive ketones (excluding diaryl/α,β-unsaturated/α-hetero) is 2. The highest BCUT2D eigenvalue weighted by atomic mass is 33.1. The van der Waals surface area contributed by atoms with Gasteiger partial charge in [0.2, 0.25) is 5.91 Å². The third kappa shape index (κ3) is 17.6. The summed E-state index contributed by atoms with van der Waals surface area (Å²) in [4.78, 5) is 55.2. The quantitative estimate of drug-likeness (QED) is 0.0381. The van der Waals surface area contributed by atoms with E-state index < -0.39 is 28.6 Å². The Bertz CT molecular complexity index is 1590. The summed E-state index contributed by atoms with van der Waals surface area (Å²) < 4.78 is 0. The van der Waals surface area contributed by atoms with Crippen molar-refractivity contribution in [2.75, 3.05) is 50.8 Å². The molecule has 0 fully saturated rings. The van der Waals surface area contributed by atoms with Crippen molar-refractivity contribution in [3.8, 4) is 0 Å². The van der Waals surface area contributed by atoms with Crippen LogP contribution in [-0.4, -0.2) is 103 Å². The summed E-state index contributed by atoms with van der Waals surface area (Å²) >= 11 is 0. The van der Waals surface area contributed by atoms with Crippen LogP contribution in [0.15, 0.2) is 48.5 Å². The van der Waals surface area contributed by atoms with Crippen molar-refractivity contribution in [2.45, 2.75) is 137 Å². The Morgan fingerprint density at radius 3 is 1.85 bits per heavy atom. The number of benzene rings is 2. The topological polar surface area (TPSA) is 166 Å². The van der Waals surface area contributed by atoms with Gasteiger partial charge in [0.05, 0.1) is 17.6 Å². The number of nitrogens with one attached hydrogen (secondary N) is 6. The van der Waals surface area contributed by atoms with Crippen molar-refractivity contribution in [1.82, 2.24) is 31.9 Å². The maximum atomic E-state index is 14.5. The van der Waals surface area contributed by atoms with Crippen LogP contribution in [0.25, 0.3) is 0 Å². The first-order valence-electron chi connectivity index (χ1n) is 21.4. The van der Waals surface area contributed by atoms with Gasteiger partial charge in [-0.2, -0.15) is 0 Å². The molecule has 0 unspecified atom stereocenters. The summed E-state index contributed by atoms with van der Waals surface area (Å²) in [6.45, 7) is 27.3. The fourth-order valence-corrected chi connectivity index (χ4v) is 8.47. The van der Waals surface area contributed by atoms with Gasteiger partial charge in [-0.3, -0.25) is 19.2 Å². The van der Waals surface area contributed by atoms with Crippen molar-refractivity contribution >= 4 is 45.0 Å². The molecule has 13 heteroatoms. The Balaban J connectivity index is 2.08. The molecule has 0 radical (unpaired) electrons. The highest BCUT2D eigenvalue weighted by Crippen LogP contribution is 2.35. The Morgan fingerprint density at radius 1 is 0.695 bits per heavy atom.